The molecule has 0 bridgehead atoms. The van der Waals surface area contributed by atoms with E-state index in [0.29, 0.717) is 18.7 Å². The van der Waals surface area contributed by atoms with Crippen LogP contribution in [0.25, 0.3) is 0 Å². The van der Waals surface area contributed by atoms with Gasteiger partial charge in [-0.1, -0.05) is 0 Å². The van der Waals surface area contributed by atoms with Crippen molar-refractivity contribution in [1.82, 2.24) is 0 Å². The second-order valence-electron chi connectivity index (χ2n) is 3.45. The number of fused-ring (bicyclic) bond motifs is 1. The zero-order chi connectivity index (χ0) is 11.5. The lowest BCUT2D eigenvalue weighted by molar-refractivity contribution is 0.0501. The van der Waals surface area contributed by atoms with Crippen molar-refractivity contribution in [3.05, 3.63) is 23.5 Å². The highest BCUT2D eigenvalue weighted by atomic mass is 19.1. The smallest absolute Gasteiger partial charge is 0.188 e. The Bertz CT molecular complexity index is 420. The highest BCUT2D eigenvalue weighted by Gasteiger charge is 2.24. The molecule has 1 aliphatic rings. The molecule has 0 unspecified atom stereocenters. The number of hydrogen-bond acceptors (Lipinski definition) is 4. The van der Waals surface area contributed by atoms with Crippen LogP contribution in [-0.4, -0.2) is 26.2 Å². The Morgan fingerprint density at radius 3 is 3.06 bits per heavy atom. The van der Waals surface area contributed by atoms with Crippen molar-refractivity contribution in [2.75, 3.05) is 25.8 Å². The van der Waals surface area contributed by atoms with Crippen molar-refractivity contribution in [2.45, 2.75) is 6.42 Å². The Balaban J connectivity index is 2.42. The van der Waals surface area contributed by atoms with E-state index >= 15 is 0 Å². The normalized spacial score (nSPS) is 14.2. The summed E-state index contributed by atoms with van der Waals surface area (Å²) < 4.78 is 23.4. The molecule has 0 aliphatic carbocycles. The predicted octanol–water partition coefficient (Wildman–Crippen LogP) is 1.81. The van der Waals surface area contributed by atoms with Crippen LogP contribution in [0.4, 0.5) is 10.1 Å². The molecule has 0 fully saturated rings. The molecule has 0 amide bonds. The lowest BCUT2D eigenvalue weighted by atomic mass is 10.0. The molecule has 0 saturated heterocycles. The average molecular weight is 225 g/mol. The molecule has 1 heterocycles. The van der Waals surface area contributed by atoms with Crippen LogP contribution >= 0.6 is 0 Å². The van der Waals surface area contributed by atoms with Gasteiger partial charge in [-0.3, -0.25) is 4.79 Å². The first-order valence-electron chi connectivity index (χ1n) is 4.95. The summed E-state index contributed by atoms with van der Waals surface area (Å²) in [5, 5.41) is 2.86. The van der Waals surface area contributed by atoms with Crippen LogP contribution in [0.3, 0.4) is 0 Å². The number of rotatable bonds is 3. The molecule has 0 saturated carbocycles. The Labute approximate surface area is 92.4 Å². The molecule has 1 aliphatic heterocycles. The van der Waals surface area contributed by atoms with E-state index in [4.69, 9.17) is 9.47 Å². The molecule has 4 nitrogen and oxygen atoms in total. The van der Waals surface area contributed by atoms with E-state index < -0.39 is 5.82 Å². The third-order valence-electron chi connectivity index (χ3n) is 2.38. The molecule has 0 radical (unpaired) electrons. The number of carbonyl (C=O) groups is 1. The monoisotopic (exact) mass is 225 g/mol. The topological polar surface area (TPSA) is 47.6 Å². The minimum absolute atomic E-state index is 0.0331. The van der Waals surface area contributed by atoms with Crippen LogP contribution in [-0.2, 0) is 4.74 Å². The standard InChI is InChI=1S/C11H12FNO3/c1-15-6-16-9-3-2-7(12)11-10(9)8(14)4-5-13-11/h2-3,13H,4-6H2,1H3. The molecule has 5 heteroatoms. The molecule has 1 aromatic rings. The van der Waals surface area contributed by atoms with Gasteiger partial charge < -0.3 is 14.8 Å². The second-order valence-corrected chi connectivity index (χ2v) is 3.45. The number of benzene rings is 1. The minimum atomic E-state index is -0.437. The van der Waals surface area contributed by atoms with Gasteiger partial charge >= 0.3 is 0 Å². The van der Waals surface area contributed by atoms with E-state index in [9.17, 15) is 9.18 Å². The maximum atomic E-state index is 13.4. The fourth-order valence-corrected chi connectivity index (χ4v) is 1.68. The largest absolute Gasteiger partial charge is 0.467 e. The summed E-state index contributed by atoms with van der Waals surface area (Å²) in [5.41, 5.74) is 0.508. The van der Waals surface area contributed by atoms with Gasteiger partial charge in [0.15, 0.2) is 12.6 Å². The van der Waals surface area contributed by atoms with E-state index in [1.165, 1.54) is 19.2 Å². The fourth-order valence-electron chi connectivity index (χ4n) is 1.68. The maximum absolute atomic E-state index is 13.4. The Morgan fingerprint density at radius 1 is 1.50 bits per heavy atom. The summed E-state index contributed by atoms with van der Waals surface area (Å²) >= 11 is 0. The minimum Gasteiger partial charge on any atom is -0.467 e. The molecule has 1 aromatic carbocycles. The number of carbonyl (C=O) groups excluding carboxylic acids is 1. The quantitative estimate of drug-likeness (QED) is 0.797. The van der Waals surface area contributed by atoms with Gasteiger partial charge in [0.05, 0.1) is 11.3 Å². The van der Waals surface area contributed by atoms with E-state index in [0.717, 1.165) is 0 Å². The molecule has 0 spiro atoms. The van der Waals surface area contributed by atoms with Crippen molar-refractivity contribution in [3.8, 4) is 5.75 Å². The van der Waals surface area contributed by atoms with Crippen molar-refractivity contribution in [2.24, 2.45) is 0 Å². The Kier molecular flexibility index (Phi) is 3.05. The number of methoxy groups -OCH3 is 1. The van der Waals surface area contributed by atoms with Crippen molar-refractivity contribution in [3.63, 3.8) is 0 Å². The number of nitrogens with one attached hydrogen (secondary N) is 1. The first kappa shape index (κ1) is 10.9. The summed E-state index contributed by atoms with van der Waals surface area (Å²) in [4.78, 5) is 11.7. The van der Waals surface area contributed by atoms with Crippen LogP contribution in [0.5, 0.6) is 5.75 Å². The van der Waals surface area contributed by atoms with Gasteiger partial charge in [-0.2, -0.15) is 0 Å². The van der Waals surface area contributed by atoms with Gasteiger partial charge in [-0.05, 0) is 12.1 Å². The number of ether oxygens (including phenoxy) is 2. The number of halogens is 1. The summed E-state index contributed by atoms with van der Waals surface area (Å²) in [6, 6.07) is 2.72. The summed E-state index contributed by atoms with van der Waals surface area (Å²) in [7, 11) is 1.48. The van der Waals surface area contributed by atoms with Crippen LogP contribution < -0.4 is 10.1 Å². The summed E-state index contributed by atoms with van der Waals surface area (Å²) in [6.07, 6.45) is 0.347. The lowest BCUT2D eigenvalue weighted by Gasteiger charge is -2.20. The first-order chi connectivity index (χ1) is 7.74. The highest BCUT2D eigenvalue weighted by Crippen LogP contribution is 2.33. The average Bonchev–Trinajstić information content (AvgIpc) is 2.29. The predicted molar refractivity (Wildman–Crippen MR) is 56.3 cm³/mol. The van der Waals surface area contributed by atoms with Crippen LogP contribution in [0.15, 0.2) is 12.1 Å². The zero-order valence-corrected chi connectivity index (χ0v) is 8.88. The number of ketones is 1. The van der Waals surface area contributed by atoms with Crippen LogP contribution in [0.2, 0.25) is 0 Å². The Hall–Kier alpha value is -1.62. The second kappa shape index (κ2) is 4.49. The lowest BCUT2D eigenvalue weighted by Crippen LogP contribution is -2.20. The summed E-state index contributed by atoms with van der Waals surface area (Å²) in [6.45, 7) is 0.488. The highest BCUT2D eigenvalue weighted by molar-refractivity contribution is 6.05. The van der Waals surface area contributed by atoms with Crippen LogP contribution in [0, 0.1) is 5.82 Å². The Morgan fingerprint density at radius 2 is 2.31 bits per heavy atom. The summed E-state index contributed by atoms with van der Waals surface area (Å²) in [5.74, 6) is -0.192. The number of hydrogen-bond donors (Lipinski definition) is 1. The molecule has 0 atom stereocenters. The van der Waals surface area contributed by atoms with E-state index in [1.54, 1.807) is 0 Å². The van der Waals surface area contributed by atoms with E-state index in [1.807, 2.05) is 0 Å². The van der Waals surface area contributed by atoms with Gasteiger partial charge in [-0.25, -0.2) is 4.39 Å². The molecule has 16 heavy (non-hydrogen) atoms. The van der Waals surface area contributed by atoms with Crippen molar-refractivity contribution in [1.29, 1.82) is 0 Å². The third kappa shape index (κ3) is 1.86. The first-order valence-corrected chi connectivity index (χ1v) is 4.95. The van der Waals surface area contributed by atoms with Crippen molar-refractivity contribution < 1.29 is 18.7 Å². The molecular weight excluding hydrogens is 213 g/mol. The molecule has 1 N–H and O–H groups in total. The zero-order valence-electron chi connectivity index (χ0n) is 8.88. The molecular formula is C11H12FNO3. The molecule has 2 rings (SSSR count). The SMILES string of the molecule is COCOc1ccc(F)c2c1C(=O)CCN2. The number of Topliss-reactive ketones (excluding diaryl/α,β-unsaturated/α-hetero) is 1. The van der Waals surface area contributed by atoms with Gasteiger partial charge in [-0.15, -0.1) is 0 Å². The van der Waals surface area contributed by atoms with Gasteiger partial charge in [0.25, 0.3) is 0 Å². The van der Waals surface area contributed by atoms with Crippen molar-refractivity contribution >= 4 is 11.5 Å². The molecule has 0 aromatic heterocycles. The van der Waals surface area contributed by atoms with Crippen LogP contribution in [0.1, 0.15) is 16.8 Å². The van der Waals surface area contributed by atoms with E-state index in [2.05, 4.69) is 5.32 Å². The van der Waals surface area contributed by atoms with Gasteiger partial charge in [0.2, 0.25) is 0 Å². The molecule has 86 valence electrons. The maximum Gasteiger partial charge on any atom is 0.188 e. The van der Waals surface area contributed by atoms with Gasteiger partial charge in [0, 0.05) is 20.1 Å². The third-order valence-corrected chi connectivity index (χ3v) is 2.38. The number of anilines is 1. The van der Waals surface area contributed by atoms with E-state index in [-0.39, 0.29) is 23.8 Å². The van der Waals surface area contributed by atoms with Gasteiger partial charge in [0.1, 0.15) is 11.6 Å². The fraction of sp³-hybridized carbons (Fsp3) is 0.364.